The second-order valence-electron chi connectivity index (χ2n) is 5.57. The van der Waals surface area contributed by atoms with Gasteiger partial charge in [0.15, 0.2) is 5.15 Å². The molecule has 8 nitrogen and oxygen atoms in total. The molecule has 0 radical (unpaired) electrons. The van der Waals surface area contributed by atoms with Gasteiger partial charge >= 0.3 is 0 Å². The molecule has 0 spiro atoms. The Balaban J connectivity index is 1.42. The fraction of sp³-hybridized carbons (Fsp3) is 0.286. The Hall–Kier alpha value is -1.88. The van der Waals surface area contributed by atoms with Crippen LogP contribution in [-0.4, -0.2) is 51.1 Å². The molecule has 1 fully saturated rings. The molecule has 0 N–H and O–H groups in total. The average Bonchev–Trinajstić information content (AvgIpc) is 3.01. The van der Waals surface area contributed by atoms with Crippen LogP contribution >= 0.6 is 23.3 Å². The van der Waals surface area contributed by atoms with Crippen LogP contribution < -0.4 is 4.74 Å². The molecule has 25 heavy (non-hydrogen) atoms. The van der Waals surface area contributed by atoms with Crippen molar-refractivity contribution in [3.63, 3.8) is 0 Å². The summed E-state index contributed by atoms with van der Waals surface area (Å²) in [4.78, 5) is 8.06. The van der Waals surface area contributed by atoms with Crippen LogP contribution in [0.4, 0.5) is 0 Å². The summed E-state index contributed by atoms with van der Waals surface area (Å²) in [5.74, 6) is 0.412. The van der Waals surface area contributed by atoms with Crippen LogP contribution in [0.2, 0.25) is 5.15 Å². The molecule has 1 aromatic carbocycles. The van der Waals surface area contributed by atoms with Crippen molar-refractivity contribution < 1.29 is 13.2 Å². The van der Waals surface area contributed by atoms with E-state index in [1.807, 2.05) is 0 Å². The largest absolute Gasteiger partial charge is 0.476 e. The minimum atomic E-state index is -3.59. The number of fused-ring (bicyclic) bond motifs is 1. The Bertz CT molecular complexity index is 1020. The van der Waals surface area contributed by atoms with E-state index in [2.05, 4.69) is 18.7 Å². The molecule has 3 aromatic rings. The second-order valence-corrected chi connectivity index (χ2v) is 8.39. The number of hydrogen-bond donors (Lipinski definition) is 0. The summed E-state index contributed by atoms with van der Waals surface area (Å²) in [5.41, 5.74) is 1.01. The van der Waals surface area contributed by atoms with Crippen LogP contribution in [-0.2, 0) is 10.0 Å². The number of aromatic nitrogens is 4. The number of hydrogen-bond acceptors (Lipinski definition) is 8. The monoisotopic (exact) mass is 397 g/mol. The quantitative estimate of drug-likeness (QED) is 0.647. The normalized spacial score (nSPS) is 16.0. The highest BCUT2D eigenvalue weighted by Crippen LogP contribution is 2.29. The van der Waals surface area contributed by atoms with Crippen molar-refractivity contribution in [3.05, 3.63) is 35.7 Å². The number of nitrogens with zero attached hydrogens (tertiary/aromatic N) is 5. The van der Waals surface area contributed by atoms with Gasteiger partial charge < -0.3 is 4.74 Å². The maximum absolute atomic E-state index is 12.8. The predicted octanol–water partition coefficient (Wildman–Crippen LogP) is 1.83. The zero-order valence-electron chi connectivity index (χ0n) is 12.7. The summed E-state index contributed by atoms with van der Waals surface area (Å²) in [6.07, 6.45) is 2.88. The lowest BCUT2D eigenvalue weighted by atomic mass is 10.1. The van der Waals surface area contributed by atoms with E-state index in [1.54, 1.807) is 18.2 Å². The lowest BCUT2D eigenvalue weighted by Crippen LogP contribution is -2.51. The lowest BCUT2D eigenvalue weighted by Gasteiger charge is -2.37. The molecule has 0 aliphatic carbocycles. The van der Waals surface area contributed by atoms with Gasteiger partial charge in [0.2, 0.25) is 15.9 Å². The van der Waals surface area contributed by atoms with Gasteiger partial charge in [-0.1, -0.05) is 17.7 Å². The molecule has 0 bridgehead atoms. The van der Waals surface area contributed by atoms with Gasteiger partial charge in [-0.3, -0.25) is 4.98 Å². The molecular weight excluding hydrogens is 386 g/mol. The van der Waals surface area contributed by atoms with Gasteiger partial charge in [0, 0.05) is 19.0 Å². The fourth-order valence-corrected chi connectivity index (χ4v) is 5.04. The molecular formula is C14H12ClN5O3S2. The van der Waals surface area contributed by atoms with Gasteiger partial charge in [-0.15, -0.1) is 0 Å². The molecule has 0 unspecified atom stereocenters. The zero-order chi connectivity index (χ0) is 17.4. The number of sulfonamides is 1. The maximum Gasteiger partial charge on any atom is 0.245 e. The first-order valence-corrected chi connectivity index (χ1v) is 9.90. The van der Waals surface area contributed by atoms with E-state index >= 15 is 0 Å². The van der Waals surface area contributed by atoms with Crippen LogP contribution in [0.1, 0.15) is 0 Å². The van der Waals surface area contributed by atoms with Crippen molar-refractivity contribution in [2.75, 3.05) is 19.7 Å². The first kappa shape index (κ1) is 16.6. The molecule has 1 aliphatic rings. The van der Waals surface area contributed by atoms with Crippen molar-refractivity contribution in [3.8, 4) is 5.88 Å². The van der Waals surface area contributed by atoms with Gasteiger partial charge in [-0.25, -0.2) is 8.42 Å². The van der Waals surface area contributed by atoms with E-state index in [-0.39, 0.29) is 16.0 Å². The summed E-state index contributed by atoms with van der Waals surface area (Å²) < 4.78 is 40.7. The molecule has 1 aliphatic heterocycles. The van der Waals surface area contributed by atoms with Gasteiger partial charge in [0.1, 0.15) is 15.9 Å². The molecule has 130 valence electrons. The molecule has 0 saturated carbocycles. The predicted molar refractivity (Wildman–Crippen MR) is 92.2 cm³/mol. The minimum absolute atomic E-state index is 0.0864. The van der Waals surface area contributed by atoms with Crippen LogP contribution in [0.25, 0.3) is 11.0 Å². The Morgan fingerprint density at radius 3 is 2.92 bits per heavy atom. The van der Waals surface area contributed by atoms with Crippen LogP contribution in [0, 0.1) is 5.92 Å². The molecule has 0 amide bonds. The van der Waals surface area contributed by atoms with Gasteiger partial charge in [-0.2, -0.15) is 18.0 Å². The van der Waals surface area contributed by atoms with E-state index in [0.717, 1.165) is 11.7 Å². The molecule has 1 saturated heterocycles. The van der Waals surface area contributed by atoms with E-state index < -0.39 is 10.0 Å². The van der Waals surface area contributed by atoms with E-state index in [9.17, 15) is 8.42 Å². The standard InChI is InChI=1S/C14H12ClN5O3S2/c15-12-4-16-5-13(17-12)23-8-9-6-20(7-9)25(21,22)11-3-1-2-10-14(11)19-24-18-10/h1-5,9H,6-8H2. The van der Waals surface area contributed by atoms with E-state index in [1.165, 1.54) is 16.7 Å². The highest BCUT2D eigenvalue weighted by Gasteiger charge is 2.38. The summed E-state index contributed by atoms with van der Waals surface area (Å²) in [6, 6.07) is 4.98. The molecule has 3 heterocycles. The van der Waals surface area contributed by atoms with Crippen molar-refractivity contribution in [2.45, 2.75) is 4.90 Å². The third-order valence-electron chi connectivity index (χ3n) is 3.84. The second kappa shape index (κ2) is 6.45. The smallest absolute Gasteiger partial charge is 0.245 e. The molecule has 0 atom stereocenters. The highest BCUT2D eigenvalue weighted by atomic mass is 35.5. The van der Waals surface area contributed by atoms with E-state index in [0.29, 0.717) is 36.6 Å². The summed E-state index contributed by atoms with van der Waals surface area (Å²) >= 11 is 6.75. The summed E-state index contributed by atoms with van der Waals surface area (Å²) in [7, 11) is -3.59. The topological polar surface area (TPSA) is 98.2 Å². The van der Waals surface area contributed by atoms with Crippen molar-refractivity contribution in [1.82, 2.24) is 23.0 Å². The first-order valence-electron chi connectivity index (χ1n) is 7.36. The van der Waals surface area contributed by atoms with E-state index in [4.69, 9.17) is 16.3 Å². The third-order valence-corrected chi connectivity index (χ3v) is 6.43. The minimum Gasteiger partial charge on any atom is -0.476 e. The number of benzene rings is 1. The summed E-state index contributed by atoms with van der Waals surface area (Å²) in [6.45, 7) is 1.11. The molecule has 4 rings (SSSR count). The van der Waals surface area contributed by atoms with Crippen molar-refractivity contribution >= 4 is 44.4 Å². The van der Waals surface area contributed by atoms with Crippen molar-refractivity contribution in [2.24, 2.45) is 5.92 Å². The Morgan fingerprint density at radius 1 is 1.28 bits per heavy atom. The van der Waals surface area contributed by atoms with Crippen molar-refractivity contribution in [1.29, 1.82) is 0 Å². The average molecular weight is 398 g/mol. The lowest BCUT2D eigenvalue weighted by molar-refractivity contribution is 0.126. The highest BCUT2D eigenvalue weighted by molar-refractivity contribution is 7.89. The zero-order valence-corrected chi connectivity index (χ0v) is 15.1. The van der Waals surface area contributed by atoms with Crippen LogP contribution in [0.3, 0.4) is 0 Å². The molecule has 11 heteroatoms. The van der Waals surface area contributed by atoms with Crippen LogP contribution in [0.5, 0.6) is 5.88 Å². The Kier molecular flexibility index (Phi) is 4.28. The van der Waals surface area contributed by atoms with Gasteiger partial charge in [0.25, 0.3) is 0 Å². The fourth-order valence-electron chi connectivity index (χ4n) is 2.55. The number of halogens is 1. The maximum atomic E-state index is 12.8. The first-order chi connectivity index (χ1) is 12.0. The Morgan fingerprint density at radius 2 is 2.12 bits per heavy atom. The third kappa shape index (κ3) is 3.17. The SMILES string of the molecule is O=S(=O)(c1cccc2nsnc12)N1CC(COc2cncc(Cl)n2)C1. The number of rotatable bonds is 5. The van der Waals surface area contributed by atoms with Crippen LogP contribution in [0.15, 0.2) is 35.5 Å². The summed E-state index contributed by atoms with van der Waals surface area (Å²) in [5, 5.41) is 0.250. The molecule has 2 aromatic heterocycles. The number of ether oxygens (including phenoxy) is 1. The van der Waals surface area contributed by atoms with Gasteiger partial charge in [-0.05, 0) is 12.1 Å². The Labute approximate surface area is 152 Å². The van der Waals surface area contributed by atoms with Gasteiger partial charge in [0.05, 0.1) is 30.7 Å².